The maximum atomic E-state index is 13.2. The van der Waals surface area contributed by atoms with Gasteiger partial charge < -0.3 is 25.5 Å². The zero-order valence-corrected chi connectivity index (χ0v) is 20.4. The third-order valence-electron chi connectivity index (χ3n) is 6.38. The first-order chi connectivity index (χ1) is 15.7. The molecule has 180 valence electrons. The Morgan fingerprint density at radius 3 is 2.73 bits per heavy atom. The summed E-state index contributed by atoms with van der Waals surface area (Å²) in [5, 5.41) is 16.6. The normalized spacial score (nSPS) is 17.8. The van der Waals surface area contributed by atoms with Crippen molar-refractivity contribution in [2.75, 3.05) is 12.4 Å². The second kappa shape index (κ2) is 10.5. The molecule has 0 saturated heterocycles. The number of nitrogens with one attached hydrogen (secondary N) is 3. The number of aromatic amines is 1. The maximum absolute atomic E-state index is 13.2. The van der Waals surface area contributed by atoms with Crippen LogP contribution in [-0.2, 0) is 22.6 Å². The molecule has 1 aromatic heterocycles. The number of aliphatic hydroxyl groups is 1. The van der Waals surface area contributed by atoms with Gasteiger partial charge in [0.1, 0.15) is 11.7 Å². The summed E-state index contributed by atoms with van der Waals surface area (Å²) in [5.41, 5.74) is 4.41. The molecule has 7 nitrogen and oxygen atoms in total. The fourth-order valence-corrected chi connectivity index (χ4v) is 4.72. The molecule has 1 aromatic carbocycles. The SMILES string of the molecule is CCCCC(NC(=O)c1[nH]c2c(c1C)C(O)CC(C)(C)C2)C(=O)Nc1ccccc1COC. The number of fused-ring (bicyclic) bond motifs is 1. The summed E-state index contributed by atoms with van der Waals surface area (Å²) in [6.45, 7) is 8.52. The van der Waals surface area contributed by atoms with E-state index in [1.807, 2.05) is 31.2 Å². The molecule has 0 spiro atoms. The van der Waals surface area contributed by atoms with Crippen LogP contribution in [0.2, 0.25) is 0 Å². The number of hydrogen-bond acceptors (Lipinski definition) is 4. The number of carbonyl (C=O) groups excluding carboxylic acids is 2. The number of unbranched alkanes of at least 4 members (excludes halogenated alkanes) is 1. The molecule has 2 aromatic rings. The lowest BCUT2D eigenvalue weighted by molar-refractivity contribution is -0.118. The van der Waals surface area contributed by atoms with Gasteiger partial charge in [-0.2, -0.15) is 0 Å². The Morgan fingerprint density at radius 1 is 1.30 bits per heavy atom. The van der Waals surface area contributed by atoms with Crippen LogP contribution in [0.1, 0.15) is 85.4 Å². The summed E-state index contributed by atoms with van der Waals surface area (Å²) in [4.78, 5) is 29.6. The molecule has 1 heterocycles. The quantitative estimate of drug-likeness (QED) is 0.450. The van der Waals surface area contributed by atoms with Gasteiger partial charge in [0.05, 0.1) is 12.7 Å². The summed E-state index contributed by atoms with van der Waals surface area (Å²) in [6.07, 6.45) is 3.09. The van der Waals surface area contributed by atoms with Crippen molar-refractivity contribution in [1.82, 2.24) is 10.3 Å². The lowest BCUT2D eigenvalue weighted by Crippen LogP contribution is -2.44. The number of carbonyl (C=O) groups is 2. The van der Waals surface area contributed by atoms with E-state index in [4.69, 9.17) is 4.74 Å². The van der Waals surface area contributed by atoms with Crippen molar-refractivity contribution in [2.24, 2.45) is 5.41 Å². The van der Waals surface area contributed by atoms with Crippen LogP contribution >= 0.6 is 0 Å². The standard InChI is InChI=1S/C26H37N3O4/c1-6-7-11-19(24(31)28-18-12-9-8-10-17(18)15-33-5)29-25(32)23-16(2)22-20(27-23)13-26(3,4)14-21(22)30/h8-10,12,19,21,27,30H,6-7,11,13-15H2,1-5H3,(H,28,31)(H,29,32). The Balaban J connectivity index is 1.80. The minimum Gasteiger partial charge on any atom is -0.388 e. The molecule has 7 heteroatoms. The second-order valence-electron chi connectivity index (χ2n) is 9.83. The number of amides is 2. The fraction of sp³-hybridized carbons (Fsp3) is 0.538. The van der Waals surface area contributed by atoms with Crippen LogP contribution in [0.25, 0.3) is 0 Å². The number of aliphatic hydroxyl groups excluding tert-OH is 1. The van der Waals surface area contributed by atoms with E-state index in [9.17, 15) is 14.7 Å². The van der Waals surface area contributed by atoms with Crippen LogP contribution in [-0.4, -0.2) is 35.1 Å². The van der Waals surface area contributed by atoms with Crippen molar-refractivity contribution in [1.29, 1.82) is 0 Å². The van der Waals surface area contributed by atoms with E-state index in [0.29, 0.717) is 30.8 Å². The van der Waals surface area contributed by atoms with E-state index in [0.717, 1.165) is 41.6 Å². The van der Waals surface area contributed by atoms with Crippen LogP contribution in [0.5, 0.6) is 0 Å². The molecule has 4 N–H and O–H groups in total. The third kappa shape index (κ3) is 5.84. The number of rotatable bonds is 9. The molecule has 0 aliphatic heterocycles. The monoisotopic (exact) mass is 455 g/mol. The Hall–Kier alpha value is -2.64. The minimum atomic E-state index is -0.672. The summed E-state index contributed by atoms with van der Waals surface area (Å²) in [7, 11) is 1.61. The van der Waals surface area contributed by atoms with Gasteiger partial charge >= 0.3 is 0 Å². The predicted molar refractivity (Wildman–Crippen MR) is 129 cm³/mol. The van der Waals surface area contributed by atoms with Crippen LogP contribution in [0.15, 0.2) is 24.3 Å². The Morgan fingerprint density at radius 2 is 2.03 bits per heavy atom. The Bertz CT molecular complexity index is 995. The van der Waals surface area contributed by atoms with E-state index in [1.54, 1.807) is 7.11 Å². The van der Waals surface area contributed by atoms with Gasteiger partial charge in [0.25, 0.3) is 5.91 Å². The predicted octanol–water partition coefficient (Wildman–Crippen LogP) is 4.40. The molecule has 2 amide bonds. The van der Waals surface area contributed by atoms with Crippen LogP contribution in [0, 0.1) is 12.3 Å². The van der Waals surface area contributed by atoms with Crippen LogP contribution in [0.4, 0.5) is 5.69 Å². The molecule has 2 unspecified atom stereocenters. The number of H-pyrrole nitrogens is 1. The van der Waals surface area contributed by atoms with Crippen molar-refractivity contribution in [3.63, 3.8) is 0 Å². The molecule has 33 heavy (non-hydrogen) atoms. The average molecular weight is 456 g/mol. The minimum absolute atomic E-state index is 0.0450. The first kappa shape index (κ1) is 25.0. The van der Waals surface area contributed by atoms with Gasteiger partial charge in [0.15, 0.2) is 0 Å². The summed E-state index contributed by atoms with van der Waals surface area (Å²) < 4.78 is 5.23. The van der Waals surface area contributed by atoms with Crippen LogP contribution < -0.4 is 10.6 Å². The summed E-state index contributed by atoms with van der Waals surface area (Å²) >= 11 is 0. The number of aromatic nitrogens is 1. The summed E-state index contributed by atoms with van der Waals surface area (Å²) in [6, 6.07) is 6.81. The molecule has 1 aliphatic carbocycles. The highest BCUT2D eigenvalue weighted by Crippen LogP contribution is 2.42. The number of methoxy groups -OCH3 is 1. The summed E-state index contributed by atoms with van der Waals surface area (Å²) in [5.74, 6) is -0.580. The smallest absolute Gasteiger partial charge is 0.268 e. The highest BCUT2D eigenvalue weighted by Gasteiger charge is 2.36. The van der Waals surface area contributed by atoms with Gasteiger partial charge in [0, 0.05) is 29.6 Å². The van der Waals surface area contributed by atoms with Gasteiger partial charge in [0.2, 0.25) is 5.91 Å². The molecule has 0 bridgehead atoms. The Labute approximate surface area is 196 Å². The third-order valence-corrected chi connectivity index (χ3v) is 6.38. The van der Waals surface area contributed by atoms with Gasteiger partial charge in [-0.3, -0.25) is 9.59 Å². The molecular formula is C26H37N3O4. The zero-order valence-electron chi connectivity index (χ0n) is 20.4. The van der Waals surface area contributed by atoms with E-state index < -0.39 is 12.1 Å². The number of para-hydroxylation sites is 1. The van der Waals surface area contributed by atoms with Crippen molar-refractivity contribution in [2.45, 2.75) is 78.6 Å². The van der Waals surface area contributed by atoms with Crippen LogP contribution in [0.3, 0.4) is 0 Å². The van der Waals surface area contributed by atoms with E-state index in [-0.39, 0.29) is 17.2 Å². The zero-order chi connectivity index (χ0) is 24.2. The van der Waals surface area contributed by atoms with Crippen molar-refractivity contribution < 1.29 is 19.4 Å². The number of ether oxygens (including phenoxy) is 1. The Kier molecular flexibility index (Phi) is 7.97. The largest absolute Gasteiger partial charge is 0.388 e. The topological polar surface area (TPSA) is 103 Å². The first-order valence-corrected chi connectivity index (χ1v) is 11.7. The molecule has 0 fully saturated rings. The fourth-order valence-electron chi connectivity index (χ4n) is 4.72. The molecule has 2 atom stereocenters. The molecule has 1 aliphatic rings. The van der Waals surface area contributed by atoms with E-state index >= 15 is 0 Å². The lowest BCUT2D eigenvalue weighted by Gasteiger charge is -2.33. The van der Waals surface area contributed by atoms with Crippen molar-refractivity contribution >= 4 is 17.5 Å². The van der Waals surface area contributed by atoms with Gasteiger partial charge in [-0.15, -0.1) is 0 Å². The number of anilines is 1. The maximum Gasteiger partial charge on any atom is 0.268 e. The molecule has 3 rings (SSSR count). The highest BCUT2D eigenvalue weighted by atomic mass is 16.5. The van der Waals surface area contributed by atoms with Gasteiger partial charge in [-0.25, -0.2) is 0 Å². The van der Waals surface area contributed by atoms with Gasteiger partial charge in [-0.05, 0) is 43.2 Å². The van der Waals surface area contributed by atoms with Gasteiger partial charge in [-0.1, -0.05) is 51.8 Å². The molecule has 0 radical (unpaired) electrons. The molecular weight excluding hydrogens is 418 g/mol. The van der Waals surface area contributed by atoms with Crippen molar-refractivity contribution in [3.8, 4) is 0 Å². The van der Waals surface area contributed by atoms with E-state index in [2.05, 4.69) is 36.4 Å². The van der Waals surface area contributed by atoms with E-state index in [1.165, 1.54) is 0 Å². The second-order valence-corrected chi connectivity index (χ2v) is 9.83. The average Bonchev–Trinajstić information content (AvgIpc) is 3.07. The highest BCUT2D eigenvalue weighted by molar-refractivity contribution is 6.01. The molecule has 0 saturated carbocycles. The van der Waals surface area contributed by atoms with Crippen molar-refractivity contribution in [3.05, 3.63) is 52.3 Å². The lowest BCUT2D eigenvalue weighted by atomic mass is 9.75. The number of benzene rings is 1. The first-order valence-electron chi connectivity index (χ1n) is 11.7. The number of hydrogen-bond donors (Lipinski definition) is 4.